The van der Waals surface area contributed by atoms with Crippen molar-refractivity contribution in [2.24, 2.45) is 0 Å². The lowest BCUT2D eigenvalue weighted by Gasteiger charge is -2.11. The zero-order chi connectivity index (χ0) is 10.7. The maximum absolute atomic E-state index is 5.88. The smallest absolute Gasteiger partial charge is 0.129 e. The Morgan fingerprint density at radius 1 is 1.40 bits per heavy atom. The van der Waals surface area contributed by atoms with Crippen molar-refractivity contribution in [3.05, 3.63) is 28.5 Å². The van der Waals surface area contributed by atoms with Gasteiger partial charge in [0, 0.05) is 5.69 Å². The van der Waals surface area contributed by atoms with Gasteiger partial charge in [-0.05, 0) is 37.5 Å². The van der Waals surface area contributed by atoms with Crippen molar-refractivity contribution in [2.75, 3.05) is 0 Å². The van der Waals surface area contributed by atoms with Gasteiger partial charge in [0.15, 0.2) is 0 Å². The van der Waals surface area contributed by atoms with Crippen molar-refractivity contribution in [1.29, 1.82) is 0 Å². The van der Waals surface area contributed by atoms with Crippen molar-refractivity contribution in [1.82, 2.24) is 4.98 Å². The average Bonchev–Trinajstić information content (AvgIpc) is 2.65. The zero-order valence-electron chi connectivity index (χ0n) is 9.00. The Labute approximate surface area is 95.6 Å². The number of pyridine rings is 1. The molecule has 0 aromatic carbocycles. The van der Waals surface area contributed by atoms with Gasteiger partial charge in [0.2, 0.25) is 0 Å². The van der Waals surface area contributed by atoms with Crippen LogP contribution in [0.2, 0.25) is 5.15 Å². The minimum Gasteiger partial charge on any atom is -0.374 e. The monoisotopic (exact) mass is 225 g/mol. The fourth-order valence-corrected chi connectivity index (χ4v) is 2.32. The molecule has 3 heteroatoms. The SMILES string of the molecule is Cc1cc(COC2CCCC2)cc(Cl)n1. The van der Waals surface area contributed by atoms with E-state index in [1.807, 2.05) is 19.1 Å². The molecule has 82 valence electrons. The predicted octanol–water partition coefficient (Wildman–Crippen LogP) is 3.50. The molecule has 1 fully saturated rings. The highest BCUT2D eigenvalue weighted by Crippen LogP contribution is 2.22. The van der Waals surface area contributed by atoms with Gasteiger partial charge in [0.25, 0.3) is 0 Å². The second-order valence-electron chi connectivity index (χ2n) is 4.16. The Bertz CT molecular complexity index is 314. The molecular formula is C12H16ClNO. The number of ether oxygens (including phenoxy) is 1. The highest BCUT2D eigenvalue weighted by Gasteiger charge is 2.15. The Hall–Kier alpha value is -0.600. The van der Waals surface area contributed by atoms with Gasteiger partial charge >= 0.3 is 0 Å². The summed E-state index contributed by atoms with van der Waals surface area (Å²) in [5, 5.41) is 0.556. The maximum atomic E-state index is 5.88. The Morgan fingerprint density at radius 2 is 2.13 bits per heavy atom. The molecule has 1 heterocycles. The predicted molar refractivity (Wildman–Crippen MR) is 61.0 cm³/mol. The molecule has 1 aliphatic carbocycles. The molecule has 1 saturated carbocycles. The van der Waals surface area contributed by atoms with Gasteiger partial charge in [-0.3, -0.25) is 0 Å². The van der Waals surface area contributed by atoms with E-state index in [-0.39, 0.29) is 0 Å². The topological polar surface area (TPSA) is 22.1 Å². The summed E-state index contributed by atoms with van der Waals surface area (Å²) in [6.07, 6.45) is 5.48. The average molecular weight is 226 g/mol. The van der Waals surface area contributed by atoms with E-state index in [0.29, 0.717) is 17.9 Å². The fourth-order valence-electron chi connectivity index (χ4n) is 2.05. The van der Waals surface area contributed by atoms with Crippen LogP contribution >= 0.6 is 11.6 Å². The highest BCUT2D eigenvalue weighted by molar-refractivity contribution is 6.29. The largest absolute Gasteiger partial charge is 0.374 e. The van der Waals surface area contributed by atoms with Gasteiger partial charge in [0.05, 0.1) is 12.7 Å². The second kappa shape index (κ2) is 4.95. The standard InChI is InChI=1S/C12H16ClNO/c1-9-6-10(7-12(13)14-9)8-15-11-4-2-3-5-11/h6-7,11H,2-5,8H2,1H3. The van der Waals surface area contributed by atoms with Crippen molar-refractivity contribution in [3.63, 3.8) is 0 Å². The summed E-state index contributed by atoms with van der Waals surface area (Å²) in [5.74, 6) is 0. The summed E-state index contributed by atoms with van der Waals surface area (Å²) < 4.78 is 5.81. The van der Waals surface area contributed by atoms with Gasteiger partial charge in [-0.25, -0.2) is 4.98 Å². The summed E-state index contributed by atoms with van der Waals surface area (Å²) in [5.41, 5.74) is 2.08. The molecule has 0 atom stereocenters. The molecule has 0 N–H and O–H groups in total. The lowest BCUT2D eigenvalue weighted by Crippen LogP contribution is -2.07. The summed E-state index contributed by atoms with van der Waals surface area (Å²) in [6, 6.07) is 3.91. The number of aryl methyl sites for hydroxylation is 1. The summed E-state index contributed by atoms with van der Waals surface area (Å²) in [6.45, 7) is 2.61. The fraction of sp³-hybridized carbons (Fsp3) is 0.583. The highest BCUT2D eigenvalue weighted by atomic mass is 35.5. The first-order chi connectivity index (χ1) is 7.24. The molecule has 0 saturated heterocycles. The van der Waals surface area contributed by atoms with Gasteiger partial charge < -0.3 is 4.74 Å². The van der Waals surface area contributed by atoms with Crippen LogP contribution in [0, 0.1) is 6.92 Å². The summed E-state index contributed by atoms with van der Waals surface area (Å²) in [7, 11) is 0. The van der Waals surface area contributed by atoms with Crippen LogP contribution in [0.15, 0.2) is 12.1 Å². The van der Waals surface area contributed by atoms with Crippen molar-refractivity contribution in [2.45, 2.75) is 45.3 Å². The number of halogens is 1. The number of rotatable bonds is 3. The third kappa shape index (κ3) is 3.18. The first kappa shape index (κ1) is 10.9. The van der Waals surface area contributed by atoms with Crippen LogP contribution in [-0.2, 0) is 11.3 Å². The minimum absolute atomic E-state index is 0.456. The maximum Gasteiger partial charge on any atom is 0.129 e. The van der Waals surface area contributed by atoms with Gasteiger partial charge in [-0.1, -0.05) is 24.4 Å². The third-order valence-electron chi connectivity index (χ3n) is 2.77. The molecule has 2 nitrogen and oxygen atoms in total. The molecule has 0 spiro atoms. The van der Waals surface area contributed by atoms with Crippen molar-refractivity contribution in [3.8, 4) is 0 Å². The van der Waals surface area contributed by atoms with Crippen LogP contribution in [0.1, 0.15) is 36.9 Å². The van der Waals surface area contributed by atoms with Crippen LogP contribution in [0.5, 0.6) is 0 Å². The minimum atomic E-state index is 0.456. The molecule has 1 aliphatic rings. The molecule has 0 aliphatic heterocycles. The lowest BCUT2D eigenvalue weighted by atomic mass is 10.2. The van der Waals surface area contributed by atoms with Gasteiger partial charge in [-0.2, -0.15) is 0 Å². The molecule has 1 aromatic rings. The quantitative estimate of drug-likeness (QED) is 0.735. The van der Waals surface area contributed by atoms with E-state index in [4.69, 9.17) is 16.3 Å². The Morgan fingerprint density at radius 3 is 2.80 bits per heavy atom. The molecule has 2 rings (SSSR count). The van der Waals surface area contributed by atoms with Crippen molar-refractivity contribution >= 4 is 11.6 Å². The molecule has 0 radical (unpaired) electrons. The van der Waals surface area contributed by atoms with Crippen LogP contribution < -0.4 is 0 Å². The summed E-state index contributed by atoms with van der Waals surface area (Å²) >= 11 is 5.88. The van der Waals surface area contributed by atoms with Crippen LogP contribution in [0.25, 0.3) is 0 Å². The molecular weight excluding hydrogens is 210 g/mol. The molecule has 15 heavy (non-hydrogen) atoms. The molecule has 0 amide bonds. The molecule has 1 aromatic heterocycles. The van der Waals surface area contributed by atoms with E-state index in [2.05, 4.69) is 4.98 Å². The van der Waals surface area contributed by atoms with E-state index in [9.17, 15) is 0 Å². The first-order valence-corrected chi connectivity index (χ1v) is 5.86. The van der Waals surface area contributed by atoms with E-state index < -0.39 is 0 Å². The second-order valence-corrected chi connectivity index (χ2v) is 4.54. The van der Waals surface area contributed by atoms with E-state index in [1.165, 1.54) is 25.7 Å². The van der Waals surface area contributed by atoms with E-state index in [0.717, 1.165) is 11.3 Å². The van der Waals surface area contributed by atoms with Crippen LogP contribution in [0.4, 0.5) is 0 Å². The lowest BCUT2D eigenvalue weighted by molar-refractivity contribution is 0.0456. The van der Waals surface area contributed by atoms with Gasteiger partial charge in [0.1, 0.15) is 5.15 Å². The summed E-state index contributed by atoms with van der Waals surface area (Å²) in [4.78, 5) is 4.12. The molecule has 0 bridgehead atoms. The Balaban J connectivity index is 1.92. The zero-order valence-corrected chi connectivity index (χ0v) is 9.76. The van der Waals surface area contributed by atoms with E-state index >= 15 is 0 Å². The van der Waals surface area contributed by atoms with E-state index in [1.54, 1.807) is 0 Å². The van der Waals surface area contributed by atoms with Crippen LogP contribution in [-0.4, -0.2) is 11.1 Å². The van der Waals surface area contributed by atoms with Crippen molar-refractivity contribution < 1.29 is 4.74 Å². The number of hydrogen-bond donors (Lipinski definition) is 0. The number of nitrogens with zero attached hydrogens (tertiary/aromatic N) is 1. The first-order valence-electron chi connectivity index (χ1n) is 5.49. The Kier molecular flexibility index (Phi) is 3.60. The molecule has 0 unspecified atom stereocenters. The van der Waals surface area contributed by atoms with Gasteiger partial charge in [-0.15, -0.1) is 0 Å². The number of hydrogen-bond acceptors (Lipinski definition) is 2. The third-order valence-corrected chi connectivity index (χ3v) is 2.96. The normalized spacial score (nSPS) is 17.2. The van der Waals surface area contributed by atoms with Crippen LogP contribution in [0.3, 0.4) is 0 Å². The number of aromatic nitrogens is 1.